The number of carbonyl (C=O) groups is 1. The van der Waals surface area contributed by atoms with Crippen molar-refractivity contribution >= 4 is 6.03 Å². The SMILES string of the molecule is NCCCCNCCCCNCCCCNC(=O)N1C2=C(CCC=C2)CCC2=C1CCC=C2. The van der Waals surface area contributed by atoms with Crippen molar-refractivity contribution in [2.45, 2.75) is 77.0 Å². The predicted octanol–water partition coefficient (Wildman–Crippen LogP) is 4.48. The van der Waals surface area contributed by atoms with E-state index in [2.05, 4.69) is 40.3 Å². The van der Waals surface area contributed by atoms with Crippen molar-refractivity contribution in [2.75, 3.05) is 39.3 Å². The minimum absolute atomic E-state index is 0.0469. The molecule has 0 aromatic heterocycles. The molecule has 0 saturated heterocycles. The van der Waals surface area contributed by atoms with E-state index in [9.17, 15) is 4.79 Å². The summed E-state index contributed by atoms with van der Waals surface area (Å²) in [5.41, 5.74) is 10.6. The monoisotopic (exact) mass is 455 g/mol. The van der Waals surface area contributed by atoms with Crippen LogP contribution in [0.5, 0.6) is 0 Å². The fourth-order valence-corrected chi connectivity index (χ4v) is 4.83. The molecule has 3 rings (SSSR count). The van der Waals surface area contributed by atoms with Crippen molar-refractivity contribution in [1.29, 1.82) is 0 Å². The number of hydrogen-bond acceptors (Lipinski definition) is 4. The fourth-order valence-electron chi connectivity index (χ4n) is 4.83. The van der Waals surface area contributed by atoms with E-state index in [1.807, 2.05) is 4.90 Å². The maximum Gasteiger partial charge on any atom is 0.326 e. The van der Waals surface area contributed by atoms with E-state index >= 15 is 0 Å². The summed E-state index contributed by atoms with van der Waals surface area (Å²) in [6.45, 7) is 5.78. The molecule has 2 amide bonds. The Morgan fingerprint density at radius 2 is 1.42 bits per heavy atom. The zero-order chi connectivity index (χ0) is 23.1. The van der Waals surface area contributed by atoms with Gasteiger partial charge in [-0.05, 0) is 127 Å². The zero-order valence-electron chi connectivity index (χ0n) is 20.5. The molecule has 0 saturated carbocycles. The molecular formula is C27H45N5O. The van der Waals surface area contributed by atoms with Crippen LogP contribution in [0, 0.1) is 0 Å². The fraction of sp³-hybridized carbons (Fsp3) is 0.667. The average Bonchev–Trinajstić information content (AvgIpc) is 3.01. The molecule has 0 aromatic rings. The van der Waals surface area contributed by atoms with Gasteiger partial charge >= 0.3 is 6.03 Å². The van der Waals surface area contributed by atoms with Gasteiger partial charge in [0.25, 0.3) is 0 Å². The summed E-state index contributed by atoms with van der Waals surface area (Å²) in [5.74, 6) is 0. The van der Waals surface area contributed by atoms with Crippen LogP contribution in [0.3, 0.4) is 0 Å². The molecule has 6 heteroatoms. The summed E-state index contributed by atoms with van der Waals surface area (Å²) in [6, 6.07) is 0.0469. The van der Waals surface area contributed by atoms with Gasteiger partial charge in [0.2, 0.25) is 0 Å². The first-order valence-corrected chi connectivity index (χ1v) is 13.3. The Kier molecular flexibility index (Phi) is 11.8. The molecule has 2 aliphatic carbocycles. The molecule has 6 nitrogen and oxygen atoms in total. The number of carbonyl (C=O) groups excluding carboxylic acids is 1. The lowest BCUT2D eigenvalue weighted by Gasteiger charge is -2.30. The van der Waals surface area contributed by atoms with Crippen LogP contribution in [0.4, 0.5) is 4.79 Å². The Labute approximate surface area is 200 Å². The summed E-state index contributed by atoms with van der Waals surface area (Å²) in [6.07, 6.45) is 21.9. The number of urea groups is 1. The number of nitrogens with zero attached hydrogens (tertiary/aromatic N) is 1. The second-order valence-corrected chi connectivity index (χ2v) is 9.32. The van der Waals surface area contributed by atoms with Gasteiger partial charge in [0.1, 0.15) is 0 Å². The lowest BCUT2D eigenvalue weighted by molar-refractivity contribution is 0.219. The third kappa shape index (κ3) is 8.43. The summed E-state index contributed by atoms with van der Waals surface area (Å²) in [5, 5.41) is 10.2. The summed E-state index contributed by atoms with van der Waals surface area (Å²) >= 11 is 0. The lowest BCUT2D eigenvalue weighted by Crippen LogP contribution is -2.40. The third-order valence-electron chi connectivity index (χ3n) is 6.72. The topological polar surface area (TPSA) is 82.4 Å². The second kappa shape index (κ2) is 15.1. The lowest BCUT2D eigenvalue weighted by atomic mass is 9.96. The van der Waals surface area contributed by atoms with Gasteiger partial charge in [0.15, 0.2) is 0 Å². The van der Waals surface area contributed by atoms with E-state index in [1.165, 1.54) is 36.1 Å². The maximum absolute atomic E-state index is 13.2. The van der Waals surface area contributed by atoms with Gasteiger partial charge in [-0.3, -0.25) is 4.90 Å². The van der Waals surface area contributed by atoms with Crippen LogP contribution in [0.25, 0.3) is 0 Å². The highest BCUT2D eigenvalue weighted by Crippen LogP contribution is 2.37. The Morgan fingerprint density at radius 3 is 2.15 bits per heavy atom. The predicted molar refractivity (Wildman–Crippen MR) is 138 cm³/mol. The molecule has 0 bridgehead atoms. The first-order valence-electron chi connectivity index (χ1n) is 13.3. The van der Waals surface area contributed by atoms with Gasteiger partial charge in [0, 0.05) is 17.9 Å². The van der Waals surface area contributed by atoms with Crippen molar-refractivity contribution in [1.82, 2.24) is 20.9 Å². The molecule has 0 aromatic carbocycles. The van der Waals surface area contributed by atoms with Crippen LogP contribution in [0.2, 0.25) is 0 Å². The molecule has 3 aliphatic rings. The van der Waals surface area contributed by atoms with Crippen molar-refractivity contribution < 1.29 is 4.79 Å². The van der Waals surface area contributed by atoms with E-state index in [-0.39, 0.29) is 6.03 Å². The molecule has 5 N–H and O–H groups in total. The Balaban J connectivity index is 1.31. The maximum atomic E-state index is 13.2. The highest BCUT2D eigenvalue weighted by Gasteiger charge is 2.29. The molecule has 0 fully saturated rings. The van der Waals surface area contributed by atoms with Crippen molar-refractivity contribution in [3.63, 3.8) is 0 Å². The normalized spacial score (nSPS) is 17.8. The van der Waals surface area contributed by atoms with Crippen LogP contribution in [-0.2, 0) is 0 Å². The van der Waals surface area contributed by atoms with Gasteiger partial charge in [-0.15, -0.1) is 0 Å². The van der Waals surface area contributed by atoms with E-state index in [4.69, 9.17) is 5.73 Å². The van der Waals surface area contributed by atoms with Gasteiger partial charge in [-0.2, -0.15) is 0 Å². The van der Waals surface area contributed by atoms with Crippen LogP contribution in [0.1, 0.15) is 77.0 Å². The Bertz CT molecular complexity index is 737. The third-order valence-corrected chi connectivity index (χ3v) is 6.72. The second-order valence-electron chi connectivity index (χ2n) is 9.32. The molecule has 0 spiro atoms. The minimum Gasteiger partial charge on any atom is -0.337 e. The van der Waals surface area contributed by atoms with Gasteiger partial charge in [0.05, 0.1) is 0 Å². The first-order chi connectivity index (χ1) is 16.3. The van der Waals surface area contributed by atoms with Crippen LogP contribution < -0.4 is 21.7 Å². The first kappa shape index (κ1) is 25.7. The van der Waals surface area contributed by atoms with Crippen LogP contribution in [-0.4, -0.2) is 50.2 Å². The Hall–Kier alpha value is -1.89. The zero-order valence-corrected chi connectivity index (χ0v) is 20.5. The smallest absolute Gasteiger partial charge is 0.326 e. The number of nitrogens with one attached hydrogen (secondary N) is 3. The number of nitrogens with two attached hydrogens (primary N) is 1. The molecule has 0 radical (unpaired) electrons. The van der Waals surface area contributed by atoms with E-state index < -0.39 is 0 Å². The molecule has 33 heavy (non-hydrogen) atoms. The van der Waals surface area contributed by atoms with Gasteiger partial charge < -0.3 is 21.7 Å². The summed E-state index contributed by atoms with van der Waals surface area (Å²) < 4.78 is 0. The molecule has 184 valence electrons. The number of unbranched alkanes of at least 4 members (excludes halogenated alkanes) is 3. The van der Waals surface area contributed by atoms with Crippen LogP contribution >= 0.6 is 0 Å². The largest absolute Gasteiger partial charge is 0.337 e. The van der Waals surface area contributed by atoms with Crippen molar-refractivity contribution in [3.05, 3.63) is 46.8 Å². The highest BCUT2D eigenvalue weighted by molar-refractivity contribution is 5.80. The number of rotatable bonds is 14. The standard InChI is InChI=1S/C27H45N5O/c28-17-5-6-18-29-19-7-8-20-30-21-9-10-22-31-27(33)32-25-13-3-1-11-23(25)15-16-24-12-2-4-14-26(24)32/h1,4,11,14,29-30H,2-3,5-10,12-13,15-22,28H2,(H,31,33). The van der Waals surface area contributed by atoms with Crippen molar-refractivity contribution in [3.8, 4) is 0 Å². The molecular weight excluding hydrogens is 410 g/mol. The van der Waals surface area contributed by atoms with E-state index in [1.54, 1.807) is 0 Å². The van der Waals surface area contributed by atoms with E-state index in [0.29, 0.717) is 0 Å². The molecule has 1 aliphatic heterocycles. The highest BCUT2D eigenvalue weighted by atomic mass is 16.2. The van der Waals surface area contributed by atoms with Crippen molar-refractivity contribution in [2.24, 2.45) is 5.73 Å². The van der Waals surface area contributed by atoms with E-state index in [0.717, 1.165) is 103 Å². The molecule has 0 unspecified atom stereocenters. The summed E-state index contributed by atoms with van der Waals surface area (Å²) in [7, 11) is 0. The average molecular weight is 456 g/mol. The number of hydrogen-bond donors (Lipinski definition) is 4. The quantitative estimate of drug-likeness (QED) is 0.291. The van der Waals surface area contributed by atoms with Gasteiger partial charge in [-0.1, -0.05) is 18.2 Å². The number of allylic oxidation sites excluding steroid dienone is 7. The van der Waals surface area contributed by atoms with Gasteiger partial charge in [-0.25, -0.2) is 4.79 Å². The van der Waals surface area contributed by atoms with Crippen LogP contribution in [0.15, 0.2) is 46.8 Å². The molecule has 0 atom stereocenters. The molecule has 1 heterocycles. The summed E-state index contributed by atoms with van der Waals surface area (Å²) in [4.78, 5) is 15.2. The number of amides is 2. The Morgan fingerprint density at radius 1 is 0.788 bits per heavy atom. The minimum atomic E-state index is 0.0469.